The van der Waals surface area contributed by atoms with Crippen LogP contribution in [0.1, 0.15) is 24.7 Å². The van der Waals surface area contributed by atoms with Crippen LogP contribution in [0.3, 0.4) is 0 Å². The van der Waals surface area contributed by atoms with E-state index < -0.39 is 0 Å². The molecular formula is C20H23N3OS. The number of aryl methyl sites for hydroxylation is 2. The largest absolute Gasteiger partial charge is 0.469 e. The summed E-state index contributed by atoms with van der Waals surface area (Å²) in [6.07, 6.45) is 5.72. The highest BCUT2D eigenvalue weighted by molar-refractivity contribution is 7.99. The Bertz CT molecular complexity index is 823. The maximum atomic E-state index is 5.42. The molecule has 1 atom stereocenters. The Morgan fingerprint density at radius 2 is 2.04 bits per heavy atom. The zero-order chi connectivity index (χ0) is 17.6. The quantitative estimate of drug-likeness (QED) is 0.415. The van der Waals surface area contributed by atoms with Crippen LogP contribution in [0, 0.1) is 6.92 Å². The summed E-state index contributed by atoms with van der Waals surface area (Å²) in [5.74, 6) is 1.69. The second-order valence-electron chi connectivity index (χ2n) is 6.05. The van der Waals surface area contributed by atoms with Crippen LogP contribution < -0.4 is 0 Å². The van der Waals surface area contributed by atoms with Crippen LogP contribution in [0.15, 0.2) is 64.9 Å². The Labute approximate surface area is 153 Å². The lowest BCUT2D eigenvalue weighted by molar-refractivity contribution is 0.534. The minimum atomic E-state index is 0.450. The van der Waals surface area contributed by atoms with Crippen molar-refractivity contribution in [2.45, 2.75) is 43.6 Å². The third-order valence-corrected chi connectivity index (χ3v) is 5.27. The van der Waals surface area contributed by atoms with Crippen molar-refractivity contribution in [3.05, 3.63) is 66.6 Å². The Morgan fingerprint density at radius 3 is 2.72 bits per heavy atom. The van der Waals surface area contributed by atoms with Crippen molar-refractivity contribution < 1.29 is 4.42 Å². The second-order valence-corrected chi connectivity index (χ2v) is 7.45. The molecule has 0 fully saturated rings. The van der Waals surface area contributed by atoms with Gasteiger partial charge in [0.25, 0.3) is 0 Å². The van der Waals surface area contributed by atoms with E-state index in [2.05, 4.69) is 58.6 Å². The molecule has 3 aromatic rings. The Balaban J connectivity index is 1.72. The van der Waals surface area contributed by atoms with E-state index in [1.165, 1.54) is 5.56 Å². The van der Waals surface area contributed by atoms with Gasteiger partial charge in [-0.25, -0.2) is 0 Å². The maximum absolute atomic E-state index is 5.42. The highest BCUT2D eigenvalue weighted by Crippen LogP contribution is 2.30. The molecule has 2 heterocycles. The van der Waals surface area contributed by atoms with Crippen LogP contribution in [0.4, 0.5) is 0 Å². The van der Waals surface area contributed by atoms with Gasteiger partial charge in [-0.3, -0.25) is 4.57 Å². The zero-order valence-corrected chi connectivity index (χ0v) is 15.5. The predicted molar refractivity (Wildman–Crippen MR) is 103 cm³/mol. The monoisotopic (exact) mass is 353 g/mol. The fourth-order valence-electron chi connectivity index (χ4n) is 2.74. The highest BCUT2D eigenvalue weighted by atomic mass is 32.2. The summed E-state index contributed by atoms with van der Waals surface area (Å²) in [4.78, 5) is 0. The van der Waals surface area contributed by atoms with Crippen LogP contribution in [-0.4, -0.2) is 20.0 Å². The molecule has 25 heavy (non-hydrogen) atoms. The van der Waals surface area contributed by atoms with Gasteiger partial charge in [0.2, 0.25) is 0 Å². The van der Waals surface area contributed by atoms with Crippen molar-refractivity contribution >= 4 is 11.8 Å². The van der Waals surface area contributed by atoms with Gasteiger partial charge in [0.15, 0.2) is 11.0 Å². The Hall–Kier alpha value is -2.27. The van der Waals surface area contributed by atoms with Crippen molar-refractivity contribution in [1.82, 2.24) is 14.8 Å². The first-order valence-electron chi connectivity index (χ1n) is 8.48. The maximum Gasteiger partial charge on any atom is 0.192 e. The fraction of sp³-hybridized carbons (Fsp3) is 0.300. The van der Waals surface area contributed by atoms with Gasteiger partial charge in [-0.05, 0) is 31.4 Å². The number of furan rings is 1. The average Bonchev–Trinajstić information content (AvgIpc) is 3.21. The van der Waals surface area contributed by atoms with E-state index in [0.717, 1.165) is 35.1 Å². The van der Waals surface area contributed by atoms with Crippen molar-refractivity contribution in [3.8, 4) is 11.4 Å². The van der Waals surface area contributed by atoms with E-state index in [9.17, 15) is 0 Å². The van der Waals surface area contributed by atoms with Gasteiger partial charge in [0.1, 0.15) is 5.76 Å². The summed E-state index contributed by atoms with van der Waals surface area (Å²) in [5, 5.41) is 10.2. The molecule has 0 aliphatic heterocycles. The van der Waals surface area contributed by atoms with Crippen molar-refractivity contribution in [2.24, 2.45) is 0 Å². The fourth-order valence-corrected chi connectivity index (χ4v) is 3.71. The molecule has 2 aromatic heterocycles. The standard InChI is InChI=1S/C20H23N3OS/c1-4-13-23-19(18-12-14-24-16(18)3)21-22-20(23)25-15(2)10-11-17-8-6-5-7-9-17/h4-9,12,14-15H,1,10-11,13H2,2-3H3. The summed E-state index contributed by atoms with van der Waals surface area (Å²) < 4.78 is 7.52. The van der Waals surface area contributed by atoms with Gasteiger partial charge < -0.3 is 4.42 Å². The first kappa shape index (κ1) is 17.5. The number of nitrogens with zero attached hydrogens (tertiary/aromatic N) is 3. The summed E-state index contributed by atoms with van der Waals surface area (Å²) in [5.41, 5.74) is 2.36. The van der Waals surface area contributed by atoms with Gasteiger partial charge in [-0.15, -0.1) is 16.8 Å². The van der Waals surface area contributed by atoms with Crippen molar-refractivity contribution in [2.75, 3.05) is 0 Å². The van der Waals surface area contributed by atoms with E-state index in [1.807, 2.05) is 19.1 Å². The number of aromatic nitrogens is 3. The van der Waals surface area contributed by atoms with E-state index in [0.29, 0.717) is 11.8 Å². The normalized spacial score (nSPS) is 12.2. The smallest absolute Gasteiger partial charge is 0.192 e. The first-order chi connectivity index (χ1) is 12.2. The summed E-state index contributed by atoms with van der Waals surface area (Å²) in [6, 6.07) is 12.5. The third kappa shape index (κ3) is 4.23. The molecule has 0 saturated heterocycles. The zero-order valence-electron chi connectivity index (χ0n) is 14.7. The van der Waals surface area contributed by atoms with Crippen LogP contribution in [-0.2, 0) is 13.0 Å². The summed E-state index contributed by atoms with van der Waals surface area (Å²) in [7, 11) is 0. The number of allylic oxidation sites excluding steroid dienone is 1. The second kappa shape index (κ2) is 8.21. The van der Waals surface area contributed by atoms with E-state index in [1.54, 1.807) is 18.0 Å². The van der Waals surface area contributed by atoms with E-state index in [-0.39, 0.29) is 0 Å². The van der Waals surface area contributed by atoms with Crippen LogP contribution in [0.5, 0.6) is 0 Å². The molecule has 0 radical (unpaired) electrons. The van der Waals surface area contributed by atoms with Crippen LogP contribution in [0.25, 0.3) is 11.4 Å². The first-order valence-corrected chi connectivity index (χ1v) is 9.36. The minimum Gasteiger partial charge on any atom is -0.469 e. The Morgan fingerprint density at radius 1 is 1.24 bits per heavy atom. The number of thioether (sulfide) groups is 1. The molecule has 0 saturated carbocycles. The summed E-state index contributed by atoms with van der Waals surface area (Å²) >= 11 is 1.76. The molecule has 130 valence electrons. The molecule has 4 nitrogen and oxygen atoms in total. The van der Waals surface area contributed by atoms with Gasteiger partial charge in [-0.2, -0.15) is 0 Å². The lowest BCUT2D eigenvalue weighted by Crippen LogP contribution is -2.05. The minimum absolute atomic E-state index is 0.450. The summed E-state index contributed by atoms with van der Waals surface area (Å²) in [6.45, 7) is 8.73. The van der Waals surface area contributed by atoms with Crippen LogP contribution in [0.2, 0.25) is 0 Å². The topological polar surface area (TPSA) is 43.9 Å². The van der Waals surface area contributed by atoms with Crippen LogP contribution >= 0.6 is 11.8 Å². The van der Waals surface area contributed by atoms with Gasteiger partial charge in [0.05, 0.1) is 11.8 Å². The molecular weight excluding hydrogens is 330 g/mol. The average molecular weight is 353 g/mol. The molecule has 0 amide bonds. The SMILES string of the molecule is C=CCn1c(SC(C)CCc2ccccc2)nnc1-c1ccoc1C. The predicted octanol–water partition coefficient (Wildman–Crippen LogP) is 5.15. The number of rotatable bonds is 8. The van der Waals surface area contributed by atoms with Gasteiger partial charge in [0, 0.05) is 11.8 Å². The van der Waals surface area contributed by atoms with E-state index >= 15 is 0 Å². The van der Waals surface area contributed by atoms with Crippen molar-refractivity contribution in [1.29, 1.82) is 0 Å². The highest BCUT2D eigenvalue weighted by Gasteiger charge is 2.18. The molecule has 5 heteroatoms. The Kier molecular flexibility index (Phi) is 5.76. The molecule has 0 bridgehead atoms. The number of hydrogen-bond acceptors (Lipinski definition) is 4. The lowest BCUT2D eigenvalue weighted by atomic mass is 10.1. The lowest BCUT2D eigenvalue weighted by Gasteiger charge is -2.12. The molecule has 0 aliphatic carbocycles. The molecule has 1 aromatic carbocycles. The van der Waals surface area contributed by atoms with E-state index in [4.69, 9.17) is 4.42 Å². The molecule has 0 aliphatic rings. The van der Waals surface area contributed by atoms with Crippen molar-refractivity contribution in [3.63, 3.8) is 0 Å². The third-order valence-electron chi connectivity index (χ3n) is 4.12. The molecule has 3 rings (SSSR count). The number of benzene rings is 1. The van der Waals surface area contributed by atoms with Gasteiger partial charge in [-0.1, -0.05) is 55.1 Å². The van der Waals surface area contributed by atoms with Gasteiger partial charge >= 0.3 is 0 Å². The molecule has 1 unspecified atom stereocenters. The molecule has 0 N–H and O–H groups in total. The number of hydrogen-bond donors (Lipinski definition) is 0. The molecule has 0 spiro atoms.